The molecular formula is C16H23N3. The molecule has 1 aromatic carbocycles. The highest BCUT2D eigenvalue weighted by Gasteiger charge is 2.06. The van der Waals surface area contributed by atoms with Gasteiger partial charge in [0.25, 0.3) is 0 Å². The first-order valence-corrected chi connectivity index (χ1v) is 7.00. The molecule has 1 unspecified atom stereocenters. The third kappa shape index (κ3) is 3.93. The molecule has 0 saturated heterocycles. The zero-order valence-electron chi connectivity index (χ0n) is 12.1. The minimum absolute atomic E-state index is 0.352. The fourth-order valence-electron chi connectivity index (χ4n) is 2.19. The van der Waals surface area contributed by atoms with E-state index in [9.17, 15) is 0 Å². The Morgan fingerprint density at radius 1 is 1.37 bits per heavy atom. The highest BCUT2D eigenvalue weighted by Crippen LogP contribution is 2.11. The normalized spacial score (nSPS) is 12.6. The maximum absolute atomic E-state index is 4.31. The second kappa shape index (κ2) is 6.53. The second-order valence-electron chi connectivity index (χ2n) is 5.04. The lowest BCUT2D eigenvalue weighted by Crippen LogP contribution is -2.21. The number of rotatable bonds is 6. The van der Waals surface area contributed by atoms with Crippen molar-refractivity contribution in [1.82, 2.24) is 15.1 Å². The van der Waals surface area contributed by atoms with Crippen molar-refractivity contribution in [1.29, 1.82) is 0 Å². The molecule has 1 heterocycles. The number of aryl methyl sites for hydroxylation is 2. The Morgan fingerprint density at radius 3 is 2.89 bits per heavy atom. The molecule has 0 radical (unpaired) electrons. The van der Waals surface area contributed by atoms with Crippen LogP contribution in [0.1, 0.15) is 36.6 Å². The summed E-state index contributed by atoms with van der Waals surface area (Å²) in [7, 11) is 0. The Morgan fingerprint density at radius 2 is 2.21 bits per heavy atom. The number of nitrogens with zero attached hydrogens (tertiary/aromatic N) is 2. The first kappa shape index (κ1) is 13.8. The summed E-state index contributed by atoms with van der Waals surface area (Å²) in [5.41, 5.74) is 3.98. The Kier molecular flexibility index (Phi) is 4.74. The van der Waals surface area contributed by atoms with Crippen LogP contribution in [0.4, 0.5) is 0 Å². The SMILES string of the molecule is CCn1cc(C(C)NCCc2cccc(C)c2)cn1. The maximum Gasteiger partial charge on any atom is 0.0537 e. The molecular weight excluding hydrogens is 234 g/mol. The van der Waals surface area contributed by atoms with Crippen LogP contribution in [0, 0.1) is 6.92 Å². The topological polar surface area (TPSA) is 29.9 Å². The first-order valence-electron chi connectivity index (χ1n) is 7.00. The molecule has 0 spiro atoms. The third-order valence-corrected chi connectivity index (χ3v) is 3.42. The van der Waals surface area contributed by atoms with Gasteiger partial charge in [0.2, 0.25) is 0 Å². The van der Waals surface area contributed by atoms with Gasteiger partial charge in [-0.25, -0.2) is 0 Å². The molecule has 2 rings (SSSR count). The molecule has 0 fully saturated rings. The van der Waals surface area contributed by atoms with E-state index in [1.165, 1.54) is 16.7 Å². The van der Waals surface area contributed by atoms with E-state index in [-0.39, 0.29) is 0 Å². The van der Waals surface area contributed by atoms with Crippen molar-refractivity contribution in [2.24, 2.45) is 0 Å². The summed E-state index contributed by atoms with van der Waals surface area (Å²) in [6, 6.07) is 9.05. The fourth-order valence-corrected chi connectivity index (χ4v) is 2.19. The van der Waals surface area contributed by atoms with Crippen LogP contribution in [-0.4, -0.2) is 16.3 Å². The lowest BCUT2D eigenvalue weighted by molar-refractivity contribution is 0.575. The van der Waals surface area contributed by atoms with Crippen LogP contribution in [0.5, 0.6) is 0 Å². The molecule has 0 aliphatic carbocycles. The molecule has 1 aromatic heterocycles. The number of hydrogen-bond acceptors (Lipinski definition) is 2. The average Bonchev–Trinajstić information content (AvgIpc) is 2.87. The van der Waals surface area contributed by atoms with Gasteiger partial charge in [0.15, 0.2) is 0 Å². The van der Waals surface area contributed by atoms with Crippen LogP contribution in [0.15, 0.2) is 36.7 Å². The summed E-state index contributed by atoms with van der Waals surface area (Å²) in [5.74, 6) is 0. The Labute approximate surface area is 115 Å². The highest BCUT2D eigenvalue weighted by molar-refractivity contribution is 5.22. The van der Waals surface area contributed by atoms with E-state index in [0.29, 0.717) is 6.04 Å². The monoisotopic (exact) mass is 257 g/mol. The van der Waals surface area contributed by atoms with Gasteiger partial charge in [0.05, 0.1) is 6.20 Å². The Balaban J connectivity index is 1.82. The van der Waals surface area contributed by atoms with Gasteiger partial charge in [-0.1, -0.05) is 29.8 Å². The first-order chi connectivity index (χ1) is 9.19. The molecule has 0 bridgehead atoms. The van der Waals surface area contributed by atoms with Crippen molar-refractivity contribution in [3.05, 3.63) is 53.3 Å². The summed E-state index contributed by atoms with van der Waals surface area (Å²) in [5, 5.41) is 7.86. The minimum Gasteiger partial charge on any atom is -0.310 e. The molecule has 0 saturated carbocycles. The summed E-state index contributed by atoms with van der Waals surface area (Å²) in [4.78, 5) is 0. The fraction of sp³-hybridized carbons (Fsp3) is 0.438. The van der Waals surface area contributed by atoms with Crippen LogP contribution >= 0.6 is 0 Å². The van der Waals surface area contributed by atoms with E-state index in [0.717, 1.165) is 19.5 Å². The van der Waals surface area contributed by atoms with Gasteiger partial charge < -0.3 is 5.32 Å². The van der Waals surface area contributed by atoms with Crippen molar-refractivity contribution in [3.8, 4) is 0 Å². The second-order valence-corrected chi connectivity index (χ2v) is 5.04. The summed E-state index contributed by atoms with van der Waals surface area (Å²) in [6.07, 6.45) is 5.13. The van der Waals surface area contributed by atoms with Crippen LogP contribution in [0.3, 0.4) is 0 Å². The van der Waals surface area contributed by atoms with E-state index in [2.05, 4.69) is 61.6 Å². The Hall–Kier alpha value is -1.61. The summed E-state index contributed by atoms with van der Waals surface area (Å²) < 4.78 is 1.97. The van der Waals surface area contributed by atoms with E-state index in [1.54, 1.807) is 0 Å². The predicted molar refractivity (Wildman–Crippen MR) is 79.2 cm³/mol. The number of hydrogen-bond donors (Lipinski definition) is 1. The third-order valence-electron chi connectivity index (χ3n) is 3.42. The molecule has 0 amide bonds. The van der Waals surface area contributed by atoms with Gasteiger partial charge in [0, 0.05) is 24.3 Å². The average molecular weight is 257 g/mol. The standard InChI is InChI=1S/C16H23N3/c1-4-19-12-16(11-18-19)14(3)17-9-8-15-7-5-6-13(2)10-15/h5-7,10-12,14,17H,4,8-9H2,1-3H3. The zero-order valence-corrected chi connectivity index (χ0v) is 12.1. The minimum atomic E-state index is 0.352. The number of benzene rings is 1. The highest BCUT2D eigenvalue weighted by atomic mass is 15.3. The van der Waals surface area contributed by atoms with Crippen LogP contribution in [0.25, 0.3) is 0 Å². The lowest BCUT2D eigenvalue weighted by Gasteiger charge is -2.12. The molecule has 1 N–H and O–H groups in total. The van der Waals surface area contributed by atoms with Gasteiger partial charge in [-0.15, -0.1) is 0 Å². The zero-order chi connectivity index (χ0) is 13.7. The quantitative estimate of drug-likeness (QED) is 0.861. The molecule has 0 aliphatic heterocycles. The van der Waals surface area contributed by atoms with Gasteiger partial charge in [-0.2, -0.15) is 5.10 Å². The van der Waals surface area contributed by atoms with Crippen molar-refractivity contribution >= 4 is 0 Å². The van der Waals surface area contributed by atoms with Gasteiger partial charge in [-0.05, 0) is 39.3 Å². The maximum atomic E-state index is 4.31. The lowest BCUT2D eigenvalue weighted by atomic mass is 10.1. The van der Waals surface area contributed by atoms with E-state index in [1.807, 2.05) is 10.9 Å². The number of aromatic nitrogens is 2. The predicted octanol–water partition coefficient (Wildman–Crippen LogP) is 3.10. The Bertz CT molecular complexity index is 516. The molecule has 1 atom stereocenters. The van der Waals surface area contributed by atoms with Crippen LogP contribution in [0.2, 0.25) is 0 Å². The molecule has 2 aromatic rings. The van der Waals surface area contributed by atoms with E-state index in [4.69, 9.17) is 0 Å². The van der Waals surface area contributed by atoms with Gasteiger partial charge in [-0.3, -0.25) is 4.68 Å². The largest absolute Gasteiger partial charge is 0.310 e. The smallest absolute Gasteiger partial charge is 0.0537 e. The molecule has 102 valence electrons. The number of nitrogens with one attached hydrogen (secondary N) is 1. The van der Waals surface area contributed by atoms with E-state index >= 15 is 0 Å². The summed E-state index contributed by atoms with van der Waals surface area (Å²) >= 11 is 0. The molecule has 19 heavy (non-hydrogen) atoms. The van der Waals surface area contributed by atoms with Crippen LogP contribution in [-0.2, 0) is 13.0 Å². The van der Waals surface area contributed by atoms with Gasteiger partial charge >= 0.3 is 0 Å². The van der Waals surface area contributed by atoms with Crippen molar-refractivity contribution in [2.75, 3.05) is 6.54 Å². The molecule has 3 nitrogen and oxygen atoms in total. The van der Waals surface area contributed by atoms with Crippen molar-refractivity contribution < 1.29 is 0 Å². The van der Waals surface area contributed by atoms with Gasteiger partial charge in [0.1, 0.15) is 0 Å². The van der Waals surface area contributed by atoms with E-state index < -0.39 is 0 Å². The van der Waals surface area contributed by atoms with Crippen molar-refractivity contribution in [2.45, 2.75) is 39.8 Å². The molecule has 3 heteroatoms. The summed E-state index contributed by atoms with van der Waals surface area (Å²) in [6.45, 7) is 8.34. The molecule has 0 aliphatic rings. The van der Waals surface area contributed by atoms with Crippen LogP contribution < -0.4 is 5.32 Å². The van der Waals surface area contributed by atoms with Crippen molar-refractivity contribution in [3.63, 3.8) is 0 Å².